The molecule has 0 saturated carbocycles. The summed E-state index contributed by atoms with van der Waals surface area (Å²) in [4.78, 5) is 12.9. The topological polar surface area (TPSA) is 149 Å². The van der Waals surface area contributed by atoms with E-state index in [1.807, 2.05) is 6.08 Å². The second-order valence-electron chi connectivity index (χ2n) is 16.2. The Morgan fingerprint density at radius 3 is 1.55 bits per heavy atom. The van der Waals surface area contributed by atoms with Crippen LogP contribution in [0.2, 0.25) is 0 Å². The Kier molecular flexibility index (Phi) is 38.4. The zero-order valence-corrected chi connectivity index (χ0v) is 38.6. The molecule has 1 amide bonds. The lowest BCUT2D eigenvalue weighted by atomic mass is 9.99. The second kappa shape index (κ2) is 41.8. The van der Waals surface area contributed by atoms with Crippen LogP contribution < -0.4 is 5.32 Å². The third-order valence-corrected chi connectivity index (χ3v) is 10.6. The highest BCUT2D eigenvalue weighted by Crippen LogP contribution is 2.22. The van der Waals surface area contributed by atoms with E-state index < -0.39 is 49.5 Å². The van der Waals surface area contributed by atoms with Gasteiger partial charge in [0.05, 0.1) is 25.4 Å². The highest BCUT2D eigenvalue weighted by Gasteiger charge is 2.44. The van der Waals surface area contributed by atoms with E-state index in [1.54, 1.807) is 6.08 Å². The SMILES string of the molecule is CC/C=C\C/C=C\C/C=C\C/C=C\C/C=C\C/C=C\C/C=C\CCCCCCCCCCCC(=O)NC(COC1OC(CO)C(O)C(O)C1O)C(O)/C=C/CC/C=C/CCCC. The smallest absolute Gasteiger partial charge is 0.220 e. The standard InChI is InChI=1S/C53H87NO8/c1-3-5-7-9-11-13-14-15-16-17-18-19-20-21-22-23-24-25-26-27-28-29-30-31-32-33-34-35-37-39-41-43-49(57)54-46(47(56)42-40-38-36-12-10-8-6-4-2)45-61-53-52(60)51(59)50(58)48(44-55)62-53/h5,7,10-13,15-16,18-19,21-22,24-25,27-28,40,42,46-48,50-53,55-56,58-60H,3-4,6,8-9,14,17,20,23,26,29-39,41,43-45H2,1-2H3,(H,54,57)/b7-5-,12-10+,13-11-,16-15-,19-18-,22-21-,25-24-,28-27-,42-40+. The van der Waals surface area contributed by atoms with E-state index in [2.05, 4.69) is 116 Å². The molecule has 1 heterocycles. The number of unbranched alkanes of at least 4 members (excludes halogenated alkanes) is 12. The zero-order valence-electron chi connectivity index (χ0n) is 38.6. The number of rotatable bonds is 38. The summed E-state index contributed by atoms with van der Waals surface area (Å²) in [6.07, 6.45) is 54.5. The minimum atomic E-state index is -1.58. The van der Waals surface area contributed by atoms with Crippen LogP contribution in [0.1, 0.15) is 162 Å². The van der Waals surface area contributed by atoms with Crippen molar-refractivity contribution in [1.82, 2.24) is 5.32 Å². The number of amides is 1. The van der Waals surface area contributed by atoms with Crippen LogP contribution in [0, 0.1) is 0 Å². The molecular formula is C53H87NO8. The van der Waals surface area contributed by atoms with Gasteiger partial charge in [-0.05, 0) is 83.5 Å². The van der Waals surface area contributed by atoms with Gasteiger partial charge in [0, 0.05) is 6.42 Å². The molecule has 7 unspecified atom stereocenters. The van der Waals surface area contributed by atoms with E-state index in [-0.39, 0.29) is 12.5 Å². The number of aliphatic hydroxyl groups excluding tert-OH is 5. The first kappa shape index (κ1) is 56.9. The lowest BCUT2D eigenvalue weighted by molar-refractivity contribution is -0.302. The maximum atomic E-state index is 12.9. The molecule has 1 rings (SSSR count). The highest BCUT2D eigenvalue weighted by atomic mass is 16.7. The molecule has 0 aliphatic carbocycles. The maximum absolute atomic E-state index is 12.9. The van der Waals surface area contributed by atoms with Gasteiger partial charge < -0.3 is 40.3 Å². The van der Waals surface area contributed by atoms with Gasteiger partial charge in [-0.1, -0.05) is 181 Å². The summed E-state index contributed by atoms with van der Waals surface area (Å²) in [7, 11) is 0. The molecule has 0 spiro atoms. The van der Waals surface area contributed by atoms with Crippen molar-refractivity contribution in [2.45, 2.75) is 204 Å². The van der Waals surface area contributed by atoms with Gasteiger partial charge in [-0.25, -0.2) is 0 Å². The number of carbonyl (C=O) groups excluding carboxylic acids is 1. The molecule has 1 saturated heterocycles. The number of carbonyl (C=O) groups is 1. The van der Waals surface area contributed by atoms with Crippen LogP contribution in [0.15, 0.2) is 109 Å². The molecule has 0 aromatic carbocycles. The molecule has 1 aliphatic rings. The quantitative estimate of drug-likeness (QED) is 0.0265. The Balaban J connectivity index is 2.19. The lowest BCUT2D eigenvalue weighted by Gasteiger charge is -2.40. The minimum absolute atomic E-state index is 0.204. The summed E-state index contributed by atoms with van der Waals surface area (Å²) in [5, 5.41) is 53.9. The molecule has 0 aromatic heterocycles. The maximum Gasteiger partial charge on any atom is 0.220 e. The van der Waals surface area contributed by atoms with Crippen LogP contribution in [0.4, 0.5) is 0 Å². The van der Waals surface area contributed by atoms with Crippen molar-refractivity contribution in [3.63, 3.8) is 0 Å². The van der Waals surface area contributed by atoms with Crippen molar-refractivity contribution < 1.29 is 39.8 Å². The predicted octanol–water partition coefficient (Wildman–Crippen LogP) is 10.7. The average Bonchev–Trinajstić information content (AvgIpc) is 3.27. The van der Waals surface area contributed by atoms with Gasteiger partial charge in [-0.2, -0.15) is 0 Å². The molecule has 9 nitrogen and oxygen atoms in total. The fraction of sp³-hybridized carbons (Fsp3) is 0.642. The summed E-state index contributed by atoms with van der Waals surface area (Å²) in [5.41, 5.74) is 0. The van der Waals surface area contributed by atoms with Gasteiger partial charge in [0.15, 0.2) is 6.29 Å². The van der Waals surface area contributed by atoms with Crippen molar-refractivity contribution in [2.75, 3.05) is 13.2 Å². The van der Waals surface area contributed by atoms with Crippen molar-refractivity contribution in [3.05, 3.63) is 109 Å². The first-order valence-electron chi connectivity index (χ1n) is 24.1. The largest absolute Gasteiger partial charge is 0.394 e. The van der Waals surface area contributed by atoms with Gasteiger partial charge in [0.25, 0.3) is 0 Å². The minimum Gasteiger partial charge on any atom is -0.394 e. The van der Waals surface area contributed by atoms with E-state index in [9.17, 15) is 30.3 Å². The highest BCUT2D eigenvalue weighted by molar-refractivity contribution is 5.76. The first-order valence-corrected chi connectivity index (χ1v) is 24.1. The Morgan fingerprint density at radius 2 is 1.02 bits per heavy atom. The number of allylic oxidation sites excluding steroid dienone is 17. The zero-order chi connectivity index (χ0) is 45.1. The van der Waals surface area contributed by atoms with Crippen LogP contribution >= 0.6 is 0 Å². The van der Waals surface area contributed by atoms with E-state index >= 15 is 0 Å². The number of aliphatic hydroxyl groups is 5. The first-order chi connectivity index (χ1) is 30.3. The number of ether oxygens (including phenoxy) is 2. The Bertz CT molecular complexity index is 1330. The molecule has 1 aliphatic heterocycles. The molecule has 352 valence electrons. The molecule has 1 fully saturated rings. The molecule has 6 N–H and O–H groups in total. The molecule has 0 bridgehead atoms. The van der Waals surface area contributed by atoms with Crippen molar-refractivity contribution in [2.24, 2.45) is 0 Å². The molecule has 0 radical (unpaired) electrons. The van der Waals surface area contributed by atoms with Gasteiger partial charge in [-0.3, -0.25) is 4.79 Å². The monoisotopic (exact) mass is 866 g/mol. The summed E-state index contributed by atoms with van der Waals surface area (Å²) in [5.74, 6) is -0.204. The van der Waals surface area contributed by atoms with Crippen molar-refractivity contribution >= 4 is 5.91 Å². The van der Waals surface area contributed by atoms with E-state index in [1.165, 1.54) is 32.1 Å². The van der Waals surface area contributed by atoms with Crippen LogP contribution in [-0.4, -0.2) is 87.5 Å². The van der Waals surface area contributed by atoms with Crippen molar-refractivity contribution in [3.8, 4) is 0 Å². The Morgan fingerprint density at radius 1 is 0.565 bits per heavy atom. The summed E-state index contributed by atoms with van der Waals surface area (Å²) < 4.78 is 11.1. The lowest BCUT2D eigenvalue weighted by Crippen LogP contribution is -2.60. The normalized spacial score (nSPS) is 21.3. The Labute approximate surface area is 376 Å². The fourth-order valence-electron chi connectivity index (χ4n) is 6.72. The summed E-state index contributed by atoms with van der Waals surface area (Å²) >= 11 is 0. The van der Waals surface area contributed by atoms with Gasteiger partial charge >= 0.3 is 0 Å². The van der Waals surface area contributed by atoms with Gasteiger partial charge in [0.2, 0.25) is 5.91 Å². The van der Waals surface area contributed by atoms with Crippen LogP contribution in [0.5, 0.6) is 0 Å². The molecule has 0 aromatic rings. The molecular weight excluding hydrogens is 779 g/mol. The molecule has 7 atom stereocenters. The number of hydrogen-bond donors (Lipinski definition) is 6. The summed E-state index contributed by atoms with van der Waals surface area (Å²) in [6.45, 7) is 3.53. The summed E-state index contributed by atoms with van der Waals surface area (Å²) in [6, 6.07) is -0.829. The van der Waals surface area contributed by atoms with Crippen LogP contribution in [-0.2, 0) is 14.3 Å². The number of hydrogen-bond acceptors (Lipinski definition) is 8. The van der Waals surface area contributed by atoms with Crippen LogP contribution in [0.3, 0.4) is 0 Å². The third kappa shape index (κ3) is 31.7. The van der Waals surface area contributed by atoms with Gasteiger partial charge in [-0.15, -0.1) is 0 Å². The third-order valence-electron chi connectivity index (χ3n) is 10.6. The van der Waals surface area contributed by atoms with Gasteiger partial charge in [0.1, 0.15) is 24.4 Å². The molecule has 62 heavy (non-hydrogen) atoms. The van der Waals surface area contributed by atoms with E-state index in [4.69, 9.17) is 9.47 Å². The number of nitrogens with one attached hydrogen (secondary N) is 1. The van der Waals surface area contributed by atoms with E-state index in [0.29, 0.717) is 6.42 Å². The fourth-order valence-corrected chi connectivity index (χ4v) is 6.72. The average molecular weight is 866 g/mol. The van der Waals surface area contributed by atoms with Crippen LogP contribution in [0.25, 0.3) is 0 Å². The van der Waals surface area contributed by atoms with E-state index in [0.717, 1.165) is 109 Å². The van der Waals surface area contributed by atoms with Crippen molar-refractivity contribution in [1.29, 1.82) is 0 Å². The second-order valence-corrected chi connectivity index (χ2v) is 16.2. The predicted molar refractivity (Wildman–Crippen MR) is 257 cm³/mol. The Hall–Kier alpha value is -3.15. The molecule has 9 heteroatoms.